The maximum absolute atomic E-state index is 3.78. The molecule has 0 saturated heterocycles. The normalized spacial score (nSPS) is 9.20. The summed E-state index contributed by atoms with van der Waals surface area (Å²) in [6.45, 7) is 11.5. The van der Waals surface area contributed by atoms with E-state index in [1.54, 1.807) is 6.08 Å². The number of rotatable bonds is 3. The van der Waals surface area contributed by atoms with Gasteiger partial charge in [-0.3, -0.25) is 0 Å². The monoisotopic (exact) mass is 200 g/mol. The summed E-state index contributed by atoms with van der Waals surface area (Å²) in [5.74, 6) is 0. The standard InChI is InChI=1S/C8H12.C7H8/c1-4-6-7-8(3)5-2;1-7-5-3-2-4-6-7/h4,6-7H,1,3,5H2,2H3;2-6H,1H3/b7-6-;. The smallest absolute Gasteiger partial charge is 0.0313 e. The molecule has 0 aliphatic carbocycles. The van der Waals surface area contributed by atoms with Crippen LogP contribution in [-0.2, 0) is 0 Å². The Morgan fingerprint density at radius 3 is 2.20 bits per heavy atom. The molecule has 80 valence electrons. The van der Waals surface area contributed by atoms with E-state index in [1.807, 2.05) is 30.4 Å². The lowest BCUT2D eigenvalue weighted by Gasteiger charge is -1.86. The summed E-state index contributed by atoms with van der Waals surface area (Å²) in [5, 5.41) is 0. The third-order valence-electron chi connectivity index (χ3n) is 1.86. The molecule has 1 rings (SSSR count). The second-order valence-corrected chi connectivity index (χ2v) is 3.26. The van der Waals surface area contributed by atoms with Crippen LogP contribution in [0.4, 0.5) is 0 Å². The van der Waals surface area contributed by atoms with E-state index in [9.17, 15) is 0 Å². The fourth-order valence-electron chi connectivity index (χ4n) is 0.856. The Morgan fingerprint density at radius 1 is 1.27 bits per heavy atom. The zero-order valence-corrected chi connectivity index (χ0v) is 9.74. The third-order valence-corrected chi connectivity index (χ3v) is 1.86. The lowest BCUT2D eigenvalue weighted by molar-refractivity contribution is 1.16. The Kier molecular flexibility index (Phi) is 8.08. The molecule has 0 heteroatoms. The van der Waals surface area contributed by atoms with Gasteiger partial charge in [0.25, 0.3) is 0 Å². The van der Waals surface area contributed by atoms with E-state index in [1.165, 1.54) is 5.56 Å². The summed E-state index contributed by atoms with van der Waals surface area (Å²) in [7, 11) is 0. The van der Waals surface area contributed by atoms with Crippen LogP contribution in [0.3, 0.4) is 0 Å². The molecule has 1 aromatic carbocycles. The van der Waals surface area contributed by atoms with Gasteiger partial charge in [0.15, 0.2) is 0 Å². The van der Waals surface area contributed by atoms with Crippen molar-refractivity contribution in [3.63, 3.8) is 0 Å². The predicted octanol–water partition coefficient (Wildman–Crippen LogP) is 4.69. The lowest BCUT2D eigenvalue weighted by atomic mass is 10.2. The molecule has 0 atom stereocenters. The molecule has 0 bridgehead atoms. The molecule has 0 fully saturated rings. The fourth-order valence-corrected chi connectivity index (χ4v) is 0.856. The van der Waals surface area contributed by atoms with Crippen LogP contribution in [0.1, 0.15) is 18.9 Å². The SMILES string of the molecule is C=C/C=C\C(=C)CC.Cc1ccccc1. The largest absolute Gasteiger partial charge is 0.0991 e. The van der Waals surface area contributed by atoms with Crippen molar-refractivity contribution < 1.29 is 0 Å². The van der Waals surface area contributed by atoms with Crippen molar-refractivity contribution in [2.24, 2.45) is 0 Å². The number of hydrogen-bond donors (Lipinski definition) is 0. The van der Waals surface area contributed by atoms with E-state index in [-0.39, 0.29) is 0 Å². The first-order chi connectivity index (χ1) is 7.20. The molecule has 0 heterocycles. The fraction of sp³-hybridized carbons (Fsp3) is 0.200. The second kappa shape index (κ2) is 9.01. The van der Waals surface area contributed by atoms with Gasteiger partial charge in [0.05, 0.1) is 0 Å². The summed E-state index contributed by atoms with van der Waals surface area (Å²) in [5.41, 5.74) is 2.47. The quantitative estimate of drug-likeness (QED) is 0.621. The first-order valence-electron chi connectivity index (χ1n) is 5.19. The minimum Gasteiger partial charge on any atom is -0.0991 e. The highest BCUT2D eigenvalue weighted by atomic mass is 13.8. The topological polar surface area (TPSA) is 0 Å². The van der Waals surface area contributed by atoms with Crippen molar-refractivity contribution in [1.29, 1.82) is 0 Å². The number of aryl methyl sites for hydroxylation is 1. The highest BCUT2D eigenvalue weighted by molar-refractivity contribution is 5.17. The molecular weight excluding hydrogens is 180 g/mol. The molecule has 0 aliphatic rings. The minimum absolute atomic E-state index is 1.02. The lowest BCUT2D eigenvalue weighted by Crippen LogP contribution is -1.65. The van der Waals surface area contributed by atoms with Crippen LogP contribution in [-0.4, -0.2) is 0 Å². The van der Waals surface area contributed by atoms with Gasteiger partial charge in [-0.25, -0.2) is 0 Å². The summed E-state index contributed by atoms with van der Waals surface area (Å²) < 4.78 is 0. The van der Waals surface area contributed by atoms with Crippen molar-refractivity contribution >= 4 is 0 Å². The highest BCUT2D eigenvalue weighted by Crippen LogP contribution is 1.96. The van der Waals surface area contributed by atoms with Gasteiger partial charge >= 0.3 is 0 Å². The minimum atomic E-state index is 1.02. The number of benzene rings is 1. The van der Waals surface area contributed by atoms with Crippen LogP contribution in [0.15, 0.2) is 67.3 Å². The molecule has 0 nitrogen and oxygen atoms in total. The Labute approximate surface area is 93.7 Å². The van der Waals surface area contributed by atoms with Crippen LogP contribution >= 0.6 is 0 Å². The van der Waals surface area contributed by atoms with Crippen LogP contribution in [0.2, 0.25) is 0 Å². The molecule has 0 spiro atoms. The van der Waals surface area contributed by atoms with E-state index in [0.717, 1.165) is 12.0 Å². The summed E-state index contributed by atoms with van der Waals surface area (Å²) >= 11 is 0. The van der Waals surface area contributed by atoms with Crippen molar-refractivity contribution in [2.45, 2.75) is 20.3 Å². The van der Waals surface area contributed by atoms with Gasteiger partial charge in [-0.05, 0) is 13.3 Å². The van der Waals surface area contributed by atoms with Gasteiger partial charge in [-0.1, -0.05) is 79.8 Å². The zero-order chi connectivity index (χ0) is 11.5. The molecule has 0 N–H and O–H groups in total. The predicted molar refractivity (Wildman–Crippen MR) is 69.9 cm³/mol. The molecule has 0 radical (unpaired) electrons. The maximum Gasteiger partial charge on any atom is -0.0313 e. The van der Waals surface area contributed by atoms with E-state index >= 15 is 0 Å². The van der Waals surface area contributed by atoms with E-state index in [4.69, 9.17) is 0 Å². The molecule has 0 amide bonds. The van der Waals surface area contributed by atoms with E-state index in [0.29, 0.717) is 0 Å². The van der Waals surface area contributed by atoms with Gasteiger partial charge < -0.3 is 0 Å². The Morgan fingerprint density at radius 2 is 1.87 bits per heavy atom. The van der Waals surface area contributed by atoms with Crippen LogP contribution in [0, 0.1) is 6.92 Å². The van der Waals surface area contributed by atoms with Gasteiger partial charge in [-0.2, -0.15) is 0 Å². The van der Waals surface area contributed by atoms with Crippen LogP contribution in [0.5, 0.6) is 0 Å². The molecule has 0 saturated carbocycles. The number of hydrogen-bond acceptors (Lipinski definition) is 0. The zero-order valence-electron chi connectivity index (χ0n) is 9.74. The van der Waals surface area contributed by atoms with E-state index < -0.39 is 0 Å². The van der Waals surface area contributed by atoms with Gasteiger partial charge in [0, 0.05) is 0 Å². The number of allylic oxidation sites excluding steroid dienone is 4. The molecule has 15 heavy (non-hydrogen) atoms. The first-order valence-corrected chi connectivity index (χ1v) is 5.19. The summed E-state index contributed by atoms with van der Waals surface area (Å²) in [4.78, 5) is 0. The van der Waals surface area contributed by atoms with Crippen molar-refractivity contribution in [2.75, 3.05) is 0 Å². The summed E-state index contributed by atoms with van der Waals surface area (Å²) in [6, 6.07) is 10.3. The van der Waals surface area contributed by atoms with Crippen molar-refractivity contribution in [1.82, 2.24) is 0 Å². The van der Waals surface area contributed by atoms with E-state index in [2.05, 4.69) is 39.1 Å². The third kappa shape index (κ3) is 8.76. The summed E-state index contributed by atoms with van der Waals surface area (Å²) in [6.07, 6.45) is 6.63. The molecule has 0 aliphatic heterocycles. The Bertz CT molecular complexity index is 304. The second-order valence-electron chi connectivity index (χ2n) is 3.26. The molecule has 1 aromatic rings. The molecule has 0 unspecified atom stereocenters. The molecule has 0 aromatic heterocycles. The van der Waals surface area contributed by atoms with Crippen molar-refractivity contribution in [3.8, 4) is 0 Å². The Hall–Kier alpha value is -1.56. The first kappa shape index (κ1) is 13.4. The highest BCUT2D eigenvalue weighted by Gasteiger charge is 1.76. The van der Waals surface area contributed by atoms with Crippen LogP contribution in [0.25, 0.3) is 0 Å². The van der Waals surface area contributed by atoms with Gasteiger partial charge in [0.2, 0.25) is 0 Å². The van der Waals surface area contributed by atoms with Gasteiger partial charge in [-0.15, -0.1) is 0 Å². The van der Waals surface area contributed by atoms with Crippen molar-refractivity contribution in [3.05, 3.63) is 72.9 Å². The maximum atomic E-state index is 3.78. The van der Waals surface area contributed by atoms with Crippen LogP contribution < -0.4 is 0 Å². The van der Waals surface area contributed by atoms with Gasteiger partial charge in [0.1, 0.15) is 0 Å². The Balaban J connectivity index is 0.000000262. The average molecular weight is 200 g/mol. The molecular formula is C15H20. The average Bonchev–Trinajstić information content (AvgIpc) is 2.28.